The Kier molecular flexibility index (Phi) is 7.42. The Balaban J connectivity index is 1.01. The molecular formula is C28H38ClN7. The first-order chi connectivity index (χ1) is 17.7. The number of fused-ring (bicyclic) bond motifs is 1. The van der Waals surface area contributed by atoms with E-state index >= 15 is 0 Å². The van der Waals surface area contributed by atoms with Gasteiger partial charge in [0, 0.05) is 54.9 Å². The van der Waals surface area contributed by atoms with Crippen LogP contribution in [0.1, 0.15) is 32.1 Å². The molecule has 0 amide bonds. The number of likely N-dealkylation sites (tertiary alicyclic amines) is 2. The number of halogens is 1. The highest BCUT2D eigenvalue weighted by Crippen LogP contribution is 2.32. The first-order valence-electron chi connectivity index (χ1n) is 13.7. The Hall–Kier alpha value is -2.19. The molecule has 1 aromatic carbocycles. The minimum atomic E-state index is 0.377. The molecule has 0 unspecified atom stereocenters. The van der Waals surface area contributed by atoms with Crippen LogP contribution in [0, 0.1) is 11.8 Å². The molecule has 6 rings (SSSR count). The number of aromatic amines is 1. The summed E-state index contributed by atoms with van der Waals surface area (Å²) < 4.78 is 0. The van der Waals surface area contributed by atoms with Gasteiger partial charge < -0.3 is 25.4 Å². The second-order valence-electron chi connectivity index (χ2n) is 11.0. The van der Waals surface area contributed by atoms with Crippen molar-refractivity contribution < 1.29 is 0 Å². The number of aromatic nitrogens is 3. The number of benzene rings is 1. The second-order valence-corrected chi connectivity index (χ2v) is 11.4. The van der Waals surface area contributed by atoms with Gasteiger partial charge in [0.2, 0.25) is 5.95 Å². The van der Waals surface area contributed by atoms with Crippen molar-refractivity contribution in [1.82, 2.24) is 30.1 Å². The number of anilines is 1. The Morgan fingerprint density at radius 2 is 1.69 bits per heavy atom. The molecule has 2 aromatic heterocycles. The summed E-state index contributed by atoms with van der Waals surface area (Å²) >= 11 is 6.52. The number of para-hydroxylation sites is 1. The summed E-state index contributed by atoms with van der Waals surface area (Å²) in [6, 6.07) is 8.61. The van der Waals surface area contributed by atoms with E-state index in [-0.39, 0.29) is 0 Å². The van der Waals surface area contributed by atoms with Crippen molar-refractivity contribution in [3.8, 4) is 11.3 Å². The molecule has 0 radical (unpaired) electrons. The highest BCUT2D eigenvalue weighted by molar-refractivity contribution is 6.33. The first kappa shape index (κ1) is 24.2. The lowest BCUT2D eigenvalue weighted by Crippen LogP contribution is -2.42. The fourth-order valence-electron chi connectivity index (χ4n) is 6.34. The highest BCUT2D eigenvalue weighted by atomic mass is 35.5. The van der Waals surface area contributed by atoms with Crippen molar-refractivity contribution in [2.45, 2.75) is 38.1 Å². The minimum absolute atomic E-state index is 0.377. The maximum absolute atomic E-state index is 6.52. The van der Waals surface area contributed by atoms with Crippen LogP contribution in [0.4, 0.5) is 5.95 Å². The van der Waals surface area contributed by atoms with Gasteiger partial charge in [0.25, 0.3) is 0 Å². The summed E-state index contributed by atoms with van der Waals surface area (Å²) in [6.45, 7) is 9.71. The van der Waals surface area contributed by atoms with Crippen molar-refractivity contribution in [2.24, 2.45) is 11.8 Å². The van der Waals surface area contributed by atoms with Gasteiger partial charge in [-0.05, 0) is 76.2 Å². The topological polar surface area (TPSA) is 72.1 Å². The summed E-state index contributed by atoms with van der Waals surface area (Å²) in [4.78, 5) is 18.0. The first-order valence-corrected chi connectivity index (χ1v) is 14.1. The Morgan fingerprint density at radius 3 is 2.56 bits per heavy atom. The van der Waals surface area contributed by atoms with Gasteiger partial charge in [-0.1, -0.05) is 29.8 Å². The van der Waals surface area contributed by atoms with Crippen molar-refractivity contribution in [2.75, 3.05) is 57.7 Å². The lowest BCUT2D eigenvalue weighted by molar-refractivity contribution is 0.129. The van der Waals surface area contributed by atoms with Gasteiger partial charge in [-0.15, -0.1) is 0 Å². The van der Waals surface area contributed by atoms with E-state index in [1.54, 1.807) is 6.20 Å². The number of rotatable bonds is 7. The molecule has 0 spiro atoms. The summed E-state index contributed by atoms with van der Waals surface area (Å²) in [5.74, 6) is 2.39. The Labute approximate surface area is 219 Å². The van der Waals surface area contributed by atoms with Crippen LogP contribution in [0.5, 0.6) is 0 Å². The summed E-state index contributed by atoms with van der Waals surface area (Å²) in [5, 5.41) is 8.78. The maximum Gasteiger partial charge on any atom is 0.223 e. The third kappa shape index (κ3) is 5.54. The summed E-state index contributed by atoms with van der Waals surface area (Å²) in [7, 11) is 0. The van der Waals surface area contributed by atoms with Crippen LogP contribution < -0.4 is 10.6 Å². The monoisotopic (exact) mass is 507 g/mol. The number of H-pyrrole nitrogens is 1. The lowest BCUT2D eigenvalue weighted by atomic mass is 9.93. The SMILES string of the molecule is Clc1cnc(N[C@@H]2CCN(CC3CCN(CC4CCNCC4)CC3)C2)nc1-c1c[nH]c2ccccc12. The van der Waals surface area contributed by atoms with Gasteiger partial charge in [-0.2, -0.15) is 0 Å². The number of hydrogen-bond donors (Lipinski definition) is 3. The van der Waals surface area contributed by atoms with E-state index in [4.69, 9.17) is 16.6 Å². The molecule has 36 heavy (non-hydrogen) atoms. The second kappa shape index (κ2) is 11.1. The van der Waals surface area contributed by atoms with Gasteiger partial charge in [-0.25, -0.2) is 9.97 Å². The van der Waals surface area contributed by atoms with Gasteiger partial charge in [0.1, 0.15) is 0 Å². The Morgan fingerprint density at radius 1 is 0.944 bits per heavy atom. The molecule has 0 saturated carbocycles. The molecule has 3 aromatic rings. The van der Waals surface area contributed by atoms with Gasteiger partial charge in [-0.3, -0.25) is 0 Å². The van der Waals surface area contributed by atoms with Crippen LogP contribution in [0.25, 0.3) is 22.2 Å². The number of nitrogens with one attached hydrogen (secondary N) is 3. The van der Waals surface area contributed by atoms with E-state index in [0.29, 0.717) is 17.0 Å². The molecule has 1 atom stereocenters. The maximum atomic E-state index is 6.52. The van der Waals surface area contributed by atoms with Crippen LogP contribution in [0.2, 0.25) is 5.02 Å². The van der Waals surface area contributed by atoms with Crippen molar-refractivity contribution >= 4 is 28.5 Å². The molecule has 3 N–H and O–H groups in total. The smallest absolute Gasteiger partial charge is 0.223 e. The van der Waals surface area contributed by atoms with Gasteiger partial charge in [0.15, 0.2) is 0 Å². The molecule has 192 valence electrons. The molecule has 0 aliphatic carbocycles. The van der Waals surface area contributed by atoms with Crippen LogP contribution in [-0.2, 0) is 0 Å². The zero-order valence-electron chi connectivity index (χ0n) is 21.1. The van der Waals surface area contributed by atoms with E-state index in [9.17, 15) is 0 Å². The number of hydrogen-bond acceptors (Lipinski definition) is 6. The molecule has 3 aliphatic heterocycles. The van der Waals surface area contributed by atoms with Crippen molar-refractivity contribution in [1.29, 1.82) is 0 Å². The highest BCUT2D eigenvalue weighted by Gasteiger charge is 2.28. The van der Waals surface area contributed by atoms with Gasteiger partial charge >= 0.3 is 0 Å². The lowest BCUT2D eigenvalue weighted by Gasteiger charge is -2.36. The standard InChI is InChI=1S/C28H38ClN7/c29-25-16-32-28(34-27(25)24-15-31-26-4-2-1-3-23(24)26)33-22-9-14-36(19-22)18-21-7-12-35(13-8-21)17-20-5-10-30-11-6-20/h1-4,15-16,20-22,30-31H,5-14,17-19H2,(H,32,33,34)/t22-/m1/s1. The molecular weight excluding hydrogens is 470 g/mol. The molecule has 3 aliphatic rings. The zero-order valence-corrected chi connectivity index (χ0v) is 21.8. The minimum Gasteiger partial charge on any atom is -0.360 e. The fraction of sp³-hybridized carbons (Fsp3) is 0.571. The third-order valence-electron chi connectivity index (χ3n) is 8.39. The van der Waals surface area contributed by atoms with Crippen molar-refractivity contribution in [3.05, 3.63) is 41.7 Å². The molecule has 3 saturated heterocycles. The van der Waals surface area contributed by atoms with E-state index in [1.807, 2.05) is 18.3 Å². The summed E-state index contributed by atoms with van der Waals surface area (Å²) in [6.07, 6.45) is 10.2. The molecule has 3 fully saturated rings. The summed E-state index contributed by atoms with van der Waals surface area (Å²) in [5.41, 5.74) is 2.87. The third-order valence-corrected chi connectivity index (χ3v) is 8.67. The normalized spacial score (nSPS) is 23.0. The van der Waals surface area contributed by atoms with Crippen LogP contribution in [0.15, 0.2) is 36.7 Å². The fourth-order valence-corrected chi connectivity index (χ4v) is 6.53. The van der Waals surface area contributed by atoms with Crippen LogP contribution >= 0.6 is 11.6 Å². The van der Waals surface area contributed by atoms with E-state index in [0.717, 1.165) is 53.5 Å². The molecule has 0 bridgehead atoms. The van der Waals surface area contributed by atoms with Crippen LogP contribution in [0.3, 0.4) is 0 Å². The van der Waals surface area contributed by atoms with E-state index in [2.05, 4.69) is 42.5 Å². The average molecular weight is 508 g/mol. The van der Waals surface area contributed by atoms with E-state index in [1.165, 1.54) is 65.0 Å². The Bertz CT molecular complexity index is 1150. The zero-order chi connectivity index (χ0) is 24.3. The molecule has 5 heterocycles. The number of nitrogens with zero attached hydrogens (tertiary/aromatic N) is 4. The predicted octanol–water partition coefficient (Wildman–Crippen LogP) is 4.48. The number of piperidine rings is 2. The molecule has 7 nitrogen and oxygen atoms in total. The average Bonchev–Trinajstić information content (AvgIpc) is 3.54. The van der Waals surface area contributed by atoms with E-state index < -0.39 is 0 Å². The largest absolute Gasteiger partial charge is 0.360 e. The van der Waals surface area contributed by atoms with Crippen LogP contribution in [-0.4, -0.2) is 83.2 Å². The van der Waals surface area contributed by atoms with Gasteiger partial charge in [0.05, 0.1) is 16.9 Å². The predicted molar refractivity (Wildman–Crippen MR) is 148 cm³/mol. The molecule has 8 heteroatoms. The quantitative estimate of drug-likeness (QED) is 0.438. The van der Waals surface area contributed by atoms with Crippen molar-refractivity contribution in [3.63, 3.8) is 0 Å².